The summed E-state index contributed by atoms with van der Waals surface area (Å²) in [5, 5.41) is 2.92. The normalized spacial score (nSPS) is 14.2. The Hall–Kier alpha value is -4.28. The first-order valence-corrected chi connectivity index (χ1v) is 13.4. The molecule has 2 aromatic rings. The second kappa shape index (κ2) is 13.9. The molecule has 0 unspecified atom stereocenters. The number of nitrogens with two attached hydrogens (primary N) is 1. The number of Topliss-reactive ketones (excluding diaryl/α,β-unsaturated/α-hetero) is 1. The second-order valence-corrected chi connectivity index (χ2v) is 9.78. The van der Waals surface area contributed by atoms with E-state index in [1.807, 2.05) is 17.0 Å². The Morgan fingerprint density at radius 3 is 2.39 bits per heavy atom. The lowest BCUT2D eigenvalue weighted by atomic mass is 9.90. The van der Waals surface area contributed by atoms with Gasteiger partial charge in [0.15, 0.2) is 5.78 Å². The lowest BCUT2D eigenvalue weighted by Gasteiger charge is -2.22. The second-order valence-electron chi connectivity index (χ2n) is 9.78. The molecule has 218 valence electrons. The van der Waals surface area contributed by atoms with Gasteiger partial charge >= 0.3 is 6.18 Å². The Kier molecular flexibility index (Phi) is 10.6. The molecule has 2 aromatic carbocycles. The molecule has 0 saturated carbocycles. The number of hydrogen-bond donors (Lipinski definition) is 2. The number of aliphatic imine (C=N–C) groups is 1. The molecular weight excluding hydrogens is 537 g/mol. The lowest BCUT2D eigenvalue weighted by molar-refractivity contribution is -0.156. The molecule has 0 fully saturated rings. The number of fused-ring (bicyclic) bond motifs is 2. The van der Waals surface area contributed by atoms with Crippen molar-refractivity contribution in [3.63, 3.8) is 0 Å². The molecule has 0 spiro atoms. The maximum absolute atomic E-state index is 13.1. The first kappa shape index (κ1) is 31.3. The van der Waals surface area contributed by atoms with E-state index in [0.717, 1.165) is 42.4 Å². The number of hydrogen-bond acceptors (Lipinski definition) is 6. The summed E-state index contributed by atoms with van der Waals surface area (Å²) in [6, 6.07) is 10.6. The van der Waals surface area contributed by atoms with Gasteiger partial charge in [0.1, 0.15) is 5.84 Å². The Labute approximate surface area is 236 Å². The summed E-state index contributed by atoms with van der Waals surface area (Å²) in [7, 11) is 0. The maximum Gasteiger partial charge on any atom is 0.446 e. The van der Waals surface area contributed by atoms with Crippen molar-refractivity contribution in [3.8, 4) is 0 Å². The number of aldehydes is 1. The van der Waals surface area contributed by atoms with E-state index in [2.05, 4.69) is 24.2 Å². The zero-order valence-corrected chi connectivity index (χ0v) is 23.0. The summed E-state index contributed by atoms with van der Waals surface area (Å²) in [6.45, 7) is 5.51. The van der Waals surface area contributed by atoms with E-state index in [-0.39, 0.29) is 24.0 Å². The zero-order chi connectivity index (χ0) is 30.2. The molecule has 41 heavy (non-hydrogen) atoms. The van der Waals surface area contributed by atoms with Crippen molar-refractivity contribution < 1.29 is 32.3 Å². The van der Waals surface area contributed by atoms with E-state index < -0.39 is 12.5 Å². The topological polar surface area (TPSA) is 122 Å². The van der Waals surface area contributed by atoms with Crippen LogP contribution in [0.25, 0.3) is 6.08 Å². The fraction of sp³-hybridized carbons (Fsp3) is 0.367. The molecule has 1 aliphatic heterocycles. The number of halogens is 3. The minimum absolute atomic E-state index is 0.0209. The van der Waals surface area contributed by atoms with Crippen LogP contribution in [-0.4, -0.2) is 53.9 Å². The molecule has 2 aliphatic rings. The van der Waals surface area contributed by atoms with Crippen LogP contribution in [0, 0.1) is 0 Å². The number of benzene rings is 2. The number of nitrogens with zero attached hydrogens (tertiary/aromatic N) is 2. The van der Waals surface area contributed by atoms with Crippen LogP contribution >= 0.6 is 0 Å². The van der Waals surface area contributed by atoms with Crippen molar-refractivity contribution in [2.24, 2.45) is 10.7 Å². The molecule has 2 amide bonds. The quantitative estimate of drug-likeness (QED) is 0.418. The fourth-order valence-electron chi connectivity index (χ4n) is 4.65. The summed E-state index contributed by atoms with van der Waals surface area (Å²) >= 11 is 0. The van der Waals surface area contributed by atoms with Crippen LogP contribution in [0.1, 0.15) is 77.8 Å². The molecule has 8 nitrogen and oxygen atoms in total. The highest BCUT2D eigenvalue weighted by Crippen LogP contribution is 2.29. The maximum atomic E-state index is 13.1. The summed E-state index contributed by atoms with van der Waals surface area (Å²) in [6.07, 6.45) is 0.422. The third-order valence-corrected chi connectivity index (χ3v) is 6.45. The van der Waals surface area contributed by atoms with Gasteiger partial charge in [-0.25, -0.2) is 4.99 Å². The molecule has 1 aliphatic carbocycles. The van der Waals surface area contributed by atoms with E-state index >= 15 is 0 Å². The van der Waals surface area contributed by atoms with E-state index in [1.165, 1.54) is 0 Å². The molecular formula is C30H33F3N4O4. The van der Waals surface area contributed by atoms with Gasteiger partial charge in [0.25, 0.3) is 5.91 Å². The molecule has 0 radical (unpaired) electrons. The number of nitrogens with one attached hydrogen (secondary N) is 1. The van der Waals surface area contributed by atoms with Crippen LogP contribution in [0.4, 0.5) is 24.5 Å². The Bertz CT molecular complexity index is 1380. The first-order valence-electron chi connectivity index (χ1n) is 13.4. The number of rotatable bonds is 7. The number of carbonyl (C=O) groups is 4. The highest BCUT2D eigenvalue weighted by Gasteiger charge is 2.25. The minimum atomic E-state index is -4.64. The predicted molar refractivity (Wildman–Crippen MR) is 151 cm³/mol. The molecule has 0 atom stereocenters. The Balaban J connectivity index is 0.000000696. The van der Waals surface area contributed by atoms with Crippen molar-refractivity contribution in [2.45, 2.75) is 58.5 Å². The number of amides is 2. The SMILES string of the molecule is CCCN(CCC)C(=O)C1=Cc2ccc(C(=O)Nc3ccc4c(c3)CCCC4=O)cc2N=C(N)C1.O=CC(F)(F)F. The summed E-state index contributed by atoms with van der Waals surface area (Å²) in [5.41, 5.74) is 10.9. The van der Waals surface area contributed by atoms with Crippen molar-refractivity contribution in [1.82, 2.24) is 4.90 Å². The zero-order valence-electron chi connectivity index (χ0n) is 23.0. The fourth-order valence-corrected chi connectivity index (χ4v) is 4.65. The monoisotopic (exact) mass is 570 g/mol. The Morgan fingerprint density at radius 1 is 1.07 bits per heavy atom. The molecule has 3 N–H and O–H groups in total. The molecule has 4 rings (SSSR count). The number of carbonyl (C=O) groups excluding carboxylic acids is 4. The number of aryl methyl sites for hydroxylation is 1. The number of amidine groups is 1. The molecule has 0 saturated heterocycles. The van der Waals surface area contributed by atoms with Gasteiger partial charge in [0, 0.05) is 53.9 Å². The summed E-state index contributed by atoms with van der Waals surface area (Å²) in [4.78, 5) is 53.2. The molecule has 11 heteroatoms. The van der Waals surface area contributed by atoms with E-state index in [4.69, 9.17) is 10.5 Å². The van der Waals surface area contributed by atoms with Gasteiger partial charge in [-0.15, -0.1) is 0 Å². The van der Waals surface area contributed by atoms with E-state index in [0.29, 0.717) is 47.9 Å². The van der Waals surface area contributed by atoms with Crippen LogP contribution in [-0.2, 0) is 16.0 Å². The van der Waals surface area contributed by atoms with E-state index in [9.17, 15) is 27.6 Å². The smallest absolute Gasteiger partial charge is 0.387 e. The number of alkyl halides is 3. The van der Waals surface area contributed by atoms with Crippen LogP contribution in [0.5, 0.6) is 0 Å². The third kappa shape index (κ3) is 8.60. The van der Waals surface area contributed by atoms with Crippen molar-refractivity contribution in [3.05, 3.63) is 64.2 Å². The summed E-state index contributed by atoms with van der Waals surface area (Å²) < 4.78 is 31.2. The van der Waals surface area contributed by atoms with Crippen molar-refractivity contribution in [1.29, 1.82) is 0 Å². The van der Waals surface area contributed by atoms with Crippen LogP contribution in [0.15, 0.2) is 47.0 Å². The van der Waals surface area contributed by atoms with Gasteiger partial charge < -0.3 is 16.0 Å². The van der Waals surface area contributed by atoms with Crippen molar-refractivity contribution in [2.75, 3.05) is 18.4 Å². The van der Waals surface area contributed by atoms with Crippen LogP contribution < -0.4 is 11.1 Å². The van der Waals surface area contributed by atoms with Crippen LogP contribution in [0.2, 0.25) is 0 Å². The van der Waals surface area contributed by atoms with Crippen molar-refractivity contribution >= 4 is 47.2 Å². The summed E-state index contributed by atoms with van der Waals surface area (Å²) in [5.74, 6) is 0.203. The van der Waals surface area contributed by atoms with E-state index in [1.54, 1.807) is 30.3 Å². The van der Waals surface area contributed by atoms with Gasteiger partial charge in [0.2, 0.25) is 12.2 Å². The Morgan fingerprint density at radius 2 is 1.76 bits per heavy atom. The number of ketones is 1. The third-order valence-electron chi connectivity index (χ3n) is 6.45. The van der Waals surface area contributed by atoms with Crippen LogP contribution in [0.3, 0.4) is 0 Å². The van der Waals surface area contributed by atoms with Gasteiger partial charge in [-0.1, -0.05) is 19.9 Å². The highest BCUT2D eigenvalue weighted by atomic mass is 19.4. The molecule has 1 heterocycles. The highest BCUT2D eigenvalue weighted by molar-refractivity contribution is 6.08. The predicted octanol–water partition coefficient (Wildman–Crippen LogP) is 5.63. The van der Waals surface area contributed by atoms with Gasteiger partial charge in [-0.05, 0) is 67.7 Å². The lowest BCUT2D eigenvalue weighted by Crippen LogP contribution is -2.34. The van der Waals surface area contributed by atoms with Gasteiger partial charge in [-0.2, -0.15) is 13.2 Å². The first-order chi connectivity index (χ1) is 19.4. The minimum Gasteiger partial charge on any atom is -0.387 e. The van der Waals surface area contributed by atoms with Gasteiger partial charge in [0.05, 0.1) is 5.69 Å². The molecule has 0 bridgehead atoms. The molecule has 0 aromatic heterocycles. The average molecular weight is 571 g/mol. The average Bonchev–Trinajstić information content (AvgIpc) is 3.10. The van der Waals surface area contributed by atoms with Gasteiger partial charge in [-0.3, -0.25) is 19.2 Å². The largest absolute Gasteiger partial charge is 0.446 e. The standard InChI is InChI=1S/C28H32N4O3.C2HF3O/c1-3-12-32(13-4-2)28(35)21-14-19-8-9-20(16-24(19)31-26(29)17-21)27(34)30-22-10-11-23-18(15-22)6-5-7-25(23)33;3-2(4,5)1-6/h8-11,14-16H,3-7,12-13,17H2,1-2H3,(H2,29,31)(H,30,34);1H. The number of anilines is 1.